The molecule has 3 atom stereocenters. The minimum absolute atomic E-state index is 0.0109. The lowest BCUT2D eigenvalue weighted by molar-refractivity contribution is -0.125. The maximum atomic E-state index is 11.8. The fourth-order valence-electron chi connectivity index (χ4n) is 2.92. The van der Waals surface area contributed by atoms with Crippen LogP contribution in [0.2, 0.25) is 0 Å². The molecule has 0 aromatic heterocycles. The smallest absolute Gasteiger partial charge is 0.223 e. The van der Waals surface area contributed by atoms with Crippen LogP contribution in [0.1, 0.15) is 38.5 Å². The third-order valence-electron chi connectivity index (χ3n) is 3.96. The van der Waals surface area contributed by atoms with Gasteiger partial charge < -0.3 is 15.5 Å². The molecule has 2 rings (SSSR count). The SMILES string of the molecule is O=C(N[C@H]1C[C@@H](CO)[C@@H](O)C1)C1CCCC1. The molecular formula is C12H21NO3. The quantitative estimate of drug-likeness (QED) is 0.654. The highest BCUT2D eigenvalue weighted by Gasteiger charge is 2.34. The first-order valence-electron chi connectivity index (χ1n) is 6.30. The van der Waals surface area contributed by atoms with Crippen molar-refractivity contribution in [3.63, 3.8) is 0 Å². The van der Waals surface area contributed by atoms with Crippen molar-refractivity contribution in [3.05, 3.63) is 0 Å². The van der Waals surface area contributed by atoms with Crippen molar-refractivity contribution < 1.29 is 15.0 Å². The molecule has 0 radical (unpaired) electrons. The number of carbonyl (C=O) groups excluding carboxylic acids is 1. The Morgan fingerprint density at radius 1 is 1.25 bits per heavy atom. The second kappa shape index (κ2) is 5.15. The van der Waals surface area contributed by atoms with Gasteiger partial charge in [0.2, 0.25) is 5.91 Å². The lowest BCUT2D eigenvalue weighted by Crippen LogP contribution is -2.37. The maximum absolute atomic E-state index is 11.8. The van der Waals surface area contributed by atoms with Gasteiger partial charge >= 0.3 is 0 Å². The number of amides is 1. The summed E-state index contributed by atoms with van der Waals surface area (Å²) in [5.74, 6) is 0.271. The third kappa shape index (κ3) is 2.55. The van der Waals surface area contributed by atoms with E-state index >= 15 is 0 Å². The van der Waals surface area contributed by atoms with Crippen LogP contribution in [0.15, 0.2) is 0 Å². The molecule has 2 fully saturated rings. The summed E-state index contributed by atoms with van der Waals surface area (Å²) in [5, 5.41) is 21.7. The molecule has 3 N–H and O–H groups in total. The molecule has 2 aliphatic rings. The number of rotatable bonds is 3. The normalized spacial score (nSPS) is 35.5. The van der Waals surface area contributed by atoms with E-state index < -0.39 is 6.10 Å². The molecular weight excluding hydrogens is 206 g/mol. The van der Waals surface area contributed by atoms with E-state index in [1.165, 1.54) is 0 Å². The summed E-state index contributed by atoms with van der Waals surface area (Å²) in [5.41, 5.74) is 0. The Balaban J connectivity index is 1.79. The molecule has 0 bridgehead atoms. The van der Waals surface area contributed by atoms with Crippen LogP contribution < -0.4 is 5.32 Å². The highest BCUT2D eigenvalue weighted by Crippen LogP contribution is 2.28. The Morgan fingerprint density at radius 2 is 1.94 bits per heavy atom. The summed E-state index contributed by atoms with van der Waals surface area (Å²) >= 11 is 0. The van der Waals surface area contributed by atoms with Gasteiger partial charge in [-0.2, -0.15) is 0 Å². The molecule has 2 aliphatic carbocycles. The maximum Gasteiger partial charge on any atom is 0.223 e. The van der Waals surface area contributed by atoms with Crippen molar-refractivity contribution in [3.8, 4) is 0 Å². The average Bonchev–Trinajstić information content (AvgIpc) is 2.87. The topological polar surface area (TPSA) is 69.6 Å². The summed E-state index contributed by atoms with van der Waals surface area (Å²) in [6.07, 6.45) is 5.16. The highest BCUT2D eigenvalue weighted by atomic mass is 16.3. The van der Waals surface area contributed by atoms with Gasteiger partial charge in [-0.3, -0.25) is 4.79 Å². The highest BCUT2D eigenvalue weighted by molar-refractivity contribution is 5.79. The van der Waals surface area contributed by atoms with Gasteiger partial charge in [0.15, 0.2) is 0 Å². The van der Waals surface area contributed by atoms with Gasteiger partial charge in [-0.05, 0) is 25.7 Å². The van der Waals surface area contributed by atoms with Crippen LogP contribution in [0.25, 0.3) is 0 Å². The molecule has 2 saturated carbocycles. The van der Waals surface area contributed by atoms with Gasteiger partial charge in [0.25, 0.3) is 0 Å². The summed E-state index contributed by atoms with van der Waals surface area (Å²) < 4.78 is 0. The molecule has 16 heavy (non-hydrogen) atoms. The number of aliphatic hydroxyl groups excluding tert-OH is 2. The first-order valence-corrected chi connectivity index (χ1v) is 6.30. The van der Waals surface area contributed by atoms with Crippen molar-refractivity contribution in [2.75, 3.05) is 6.61 Å². The zero-order valence-corrected chi connectivity index (χ0v) is 9.56. The Kier molecular flexibility index (Phi) is 3.82. The van der Waals surface area contributed by atoms with Crippen LogP contribution in [0.4, 0.5) is 0 Å². The molecule has 4 nitrogen and oxygen atoms in total. The van der Waals surface area contributed by atoms with E-state index in [0.717, 1.165) is 25.7 Å². The average molecular weight is 227 g/mol. The Hall–Kier alpha value is -0.610. The number of nitrogens with one attached hydrogen (secondary N) is 1. The van der Waals surface area contributed by atoms with Gasteiger partial charge in [0.05, 0.1) is 6.10 Å². The fourth-order valence-corrected chi connectivity index (χ4v) is 2.92. The largest absolute Gasteiger partial charge is 0.396 e. The van der Waals surface area contributed by atoms with Crippen molar-refractivity contribution in [1.82, 2.24) is 5.32 Å². The van der Waals surface area contributed by atoms with Crippen molar-refractivity contribution in [2.24, 2.45) is 11.8 Å². The van der Waals surface area contributed by atoms with E-state index in [2.05, 4.69) is 5.32 Å². The van der Waals surface area contributed by atoms with Crippen LogP contribution in [-0.4, -0.2) is 34.9 Å². The Labute approximate surface area is 96.0 Å². The standard InChI is InChI=1S/C12H21NO3/c14-7-9-5-10(6-11(9)15)13-12(16)8-3-1-2-4-8/h8-11,14-15H,1-7H2,(H,13,16)/t9-,10-,11-/m0/s1. The van der Waals surface area contributed by atoms with Crippen molar-refractivity contribution in [2.45, 2.75) is 50.7 Å². The molecule has 92 valence electrons. The molecule has 1 amide bonds. The van der Waals surface area contributed by atoms with E-state index in [-0.39, 0.29) is 30.4 Å². The van der Waals surface area contributed by atoms with Crippen LogP contribution in [-0.2, 0) is 4.79 Å². The number of carbonyl (C=O) groups is 1. The zero-order valence-electron chi connectivity index (χ0n) is 9.56. The minimum atomic E-state index is -0.459. The summed E-state index contributed by atoms with van der Waals surface area (Å²) in [4.78, 5) is 11.8. The van der Waals surface area contributed by atoms with Crippen LogP contribution in [0.5, 0.6) is 0 Å². The van der Waals surface area contributed by atoms with E-state index in [1.54, 1.807) is 0 Å². The van der Waals surface area contributed by atoms with Crippen molar-refractivity contribution >= 4 is 5.91 Å². The second-order valence-corrected chi connectivity index (χ2v) is 5.17. The molecule has 4 heteroatoms. The van der Waals surface area contributed by atoms with Crippen LogP contribution in [0.3, 0.4) is 0 Å². The first kappa shape index (κ1) is 11.9. The van der Waals surface area contributed by atoms with Gasteiger partial charge in [0, 0.05) is 24.5 Å². The molecule has 0 heterocycles. The number of aliphatic hydroxyl groups is 2. The second-order valence-electron chi connectivity index (χ2n) is 5.17. The van der Waals surface area contributed by atoms with Crippen LogP contribution in [0, 0.1) is 11.8 Å². The minimum Gasteiger partial charge on any atom is -0.396 e. The number of hydrogen-bond acceptors (Lipinski definition) is 3. The number of hydrogen-bond donors (Lipinski definition) is 3. The summed E-state index contributed by atoms with van der Waals surface area (Å²) in [7, 11) is 0. The summed E-state index contributed by atoms with van der Waals surface area (Å²) in [6, 6.07) is 0.0558. The van der Waals surface area contributed by atoms with E-state index in [1.807, 2.05) is 0 Å². The predicted octanol–water partition coefficient (Wildman–Crippen LogP) is 0.425. The first-order chi connectivity index (χ1) is 7.70. The predicted molar refractivity (Wildman–Crippen MR) is 59.7 cm³/mol. The van der Waals surface area contributed by atoms with Gasteiger partial charge in [-0.1, -0.05) is 12.8 Å². The molecule has 0 aliphatic heterocycles. The third-order valence-corrected chi connectivity index (χ3v) is 3.96. The Bertz CT molecular complexity index is 251. The zero-order chi connectivity index (χ0) is 11.5. The molecule has 0 unspecified atom stereocenters. The Morgan fingerprint density at radius 3 is 2.50 bits per heavy atom. The molecule has 0 aromatic rings. The van der Waals surface area contributed by atoms with E-state index in [4.69, 9.17) is 5.11 Å². The molecule has 0 saturated heterocycles. The monoisotopic (exact) mass is 227 g/mol. The summed E-state index contributed by atoms with van der Waals surface area (Å²) in [6.45, 7) is 0.0109. The lowest BCUT2D eigenvalue weighted by atomic mass is 10.1. The van der Waals surface area contributed by atoms with E-state index in [9.17, 15) is 9.90 Å². The van der Waals surface area contributed by atoms with Crippen molar-refractivity contribution in [1.29, 1.82) is 0 Å². The molecule has 0 aromatic carbocycles. The van der Waals surface area contributed by atoms with Gasteiger partial charge in [-0.15, -0.1) is 0 Å². The lowest BCUT2D eigenvalue weighted by Gasteiger charge is -2.15. The van der Waals surface area contributed by atoms with E-state index in [0.29, 0.717) is 12.8 Å². The fraction of sp³-hybridized carbons (Fsp3) is 0.917. The van der Waals surface area contributed by atoms with Crippen LogP contribution >= 0.6 is 0 Å². The molecule has 0 spiro atoms. The van der Waals surface area contributed by atoms with Gasteiger partial charge in [0.1, 0.15) is 0 Å². The van der Waals surface area contributed by atoms with Gasteiger partial charge in [-0.25, -0.2) is 0 Å².